The van der Waals surface area contributed by atoms with Crippen molar-refractivity contribution in [2.75, 3.05) is 0 Å². The minimum atomic E-state index is -0.871. The van der Waals surface area contributed by atoms with E-state index in [2.05, 4.69) is 5.32 Å². The lowest BCUT2D eigenvalue weighted by Gasteiger charge is -2.18. The Labute approximate surface area is 114 Å². The molecule has 5 heteroatoms. The second kappa shape index (κ2) is 4.59. The van der Waals surface area contributed by atoms with Crippen molar-refractivity contribution in [2.45, 2.75) is 11.3 Å². The highest BCUT2D eigenvalue weighted by Gasteiger charge is 2.27. The van der Waals surface area contributed by atoms with Gasteiger partial charge in [0.2, 0.25) is 0 Å². The topological polar surface area (TPSA) is 66.4 Å². The molecular weight excluding hydrogens is 262 g/mol. The number of hydrogen-bond donors (Lipinski definition) is 2. The zero-order valence-electron chi connectivity index (χ0n) is 9.92. The van der Waals surface area contributed by atoms with Crippen LogP contribution in [0, 0.1) is 5.92 Å². The van der Waals surface area contributed by atoms with E-state index < -0.39 is 11.9 Å². The molecule has 1 aliphatic heterocycles. The van der Waals surface area contributed by atoms with Gasteiger partial charge in [-0.25, -0.2) is 0 Å². The summed E-state index contributed by atoms with van der Waals surface area (Å²) in [5.41, 5.74) is 1.32. The van der Waals surface area contributed by atoms with Gasteiger partial charge in [0.15, 0.2) is 0 Å². The average Bonchev–Trinajstić information content (AvgIpc) is 2.54. The van der Waals surface area contributed by atoms with Gasteiger partial charge in [0.25, 0.3) is 5.91 Å². The van der Waals surface area contributed by atoms with Crippen LogP contribution in [0.5, 0.6) is 0 Å². The third kappa shape index (κ3) is 2.17. The molecule has 1 aliphatic carbocycles. The molecule has 4 nitrogen and oxygen atoms in total. The molecule has 0 bridgehead atoms. The van der Waals surface area contributed by atoms with Gasteiger partial charge in [-0.2, -0.15) is 0 Å². The van der Waals surface area contributed by atoms with Crippen LogP contribution in [0.3, 0.4) is 0 Å². The average molecular weight is 273 g/mol. The maximum absolute atomic E-state index is 12.1. The highest BCUT2D eigenvalue weighted by molar-refractivity contribution is 8.03. The molecule has 1 amide bonds. The van der Waals surface area contributed by atoms with Crippen LogP contribution in [-0.2, 0) is 4.79 Å². The van der Waals surface area contributed by atoms with Gasteiger partial charge in [0.1, 0.15) is 0 Å². The van der Waals surface area contributed by atoms with Crippen molar-refractivity contribution in [2.24, 2.45) is 5.92 Å². The van der Waals surface area contributed by atoms with Gasteiger partial charge in [-0.1, -0.05) is 30.0 Å². The Bertz CT molecular complexity index is 633. The number of carbonyl (C=O) groups excluding carboxylic acids is 1. The van der Waals surface area contributed by atoms with Crippen molar-refractivity contribution < 1.29 is 14.7 Å². The van der Waals surface area contributed by atoms with Gasteiger partial charge >= 0.3 is 5.97 Å². The van der Waals surface area contributed by atoms with E-state index in [9.17, 15) is 9.59 Å². The number of carboxylic acids is 1. The summed E-state index contributed by atoms with van der Waals surface area (Å²) in [5, 5.41) is 11.9. The van der Waals surface area contributed by atoms with Crippen molar-refractivity contribution in [3.05, 3.63) is 52.6 Å². The molecule has 19 heavy (non-hydrogen) atoms. The smallest absolute Gasteiger partial charge is 0.310 e. The van der Waals surface area contributed by atoms with E-state index >= 15 is 0 Å². The first kappa shape index (κ1) is 12.0. The first-order valence-electron chi connectivity index (χ1n) is 5.87. The normalized spacial score (nSPS) is 21.3. The molecule has 0 radical (unpaired) electrons. The van der Waals surface area contributed by atoms with E-state index in [1.807, 2.05) is 18.2 Å². The Morgan fingerprint density at radius 2 is 2.16 bits per heavy atom. The van der Waals surface area contributed by atoms with E-state index in [0.717, 1.165) is 9.80 Å². The third-order valence-corrected chi connectivity index (χ3v) is 4.31. The maximum atomic E-state index is 12.1. The van der Waals surface area contributed by atoms with Crippen molar-refractivity contribution in [1.82, 2.24) is 5.32 Å². The molecule has 1 aromatic carbocycles. The standard InChI is InChI=1S/C14H11NO3S/c16-13-9-3-1-2-4-11(9)19-12-6-5-8(14(17)18)7-10(12)15-13/h1-6,8H,7H2,(H,15,16)(H,17,18). The van der Waals surface area contributed by atoms with Crippen molar-refractivity contribution in [1.29, 1.82) is 0 Å². The lowest BCUT2D eigenvalue weighted by molar-refractivity contribution is -0.140. The predicted octanol–water partition coefficient (Wildman–Crippen LogP) is 2.39. The van der Waals surface area contributed by atoms with Crippen molar-refractivity contribution in [3.63, 3.8) is 0 Å². The molecule has 1 atom stereocenters. The van der Waals surface area contributed by atoms with Gasteiger partial charge in [-0.3, -0.25) is 9.59 Å². The Hall–Kier alpha value is -2.01. The molecule has 1 heterocycles. The van der Waals surface area contributed by atoms with Crippen LogP contribution >= 0.6 is 11.8 Å². The molecule has 1 aromatic rings. The maximum Gasteiger partial charge on any atom is 0.310 e. The zero-order valence-corrected chi connectivity index (χ0v) is 10.7. The Balaban J connectivity index is 1.98. The lowest BCUT2D eigenvalue weighted by atomic mass is 9.98. The van der Waals surface area contributed by atoms with Gasteiger partial charge in [0, 0.05) is 21.9 Å². The molecule has 1 unspecified atom stereocenters. The first-order valence-corrected chi connectivity index (χ1v) is 6.69. The number of nitrogens with one attached hydrogen (secondary N) is 1. The predicted molar refractivity (Wildman–Crippen MR) is 71.7 cm³/mol. The summed E-state index contributed by atoms with van der Waals surface area (Å²) in [7, 11) is 0. The summed E-state index contributed by atoms with van der Waals surface area (Å²) in [4.78, 5) is 24.9. The van der Waals surface area contributed by atoms with E-state index in [1.54, 1.807) is 18.2 Å². The van der Waals surface area contributed by atoms with Crippen LogP contribution in [0.25, 0.3) is 0 Å². The molecule has 0 saturated carbocycles. The zero-order chi connectivity index (χ0) is 13.4. The van der Waals surface area contributed by atoms with Gasteiger partial charge in [-0.05, 0) is 18.2 Å². The molecule has 2 aliphatic rings. The number of fused-ring (bicyclic) bond motifs is 1. The molecular formula is C14H11NO3S. The summed E-state index contributed by atoms with van der Waals surface area (Å²) in [6.45, 7) is 0. The molecule has 96 valence electrons. The number of carboxylic acid groups (broad SMARTS) is 1. The van der Waals surface area contributed by atoms with E-state index in [-0.39, 0.29) is 5.91 Å². The number of amides is 1. The molecule has 0 fully saturated rings. The number of aliphatic carboxylic acids is 1. The van der Waals surface area contributed by atoms with Crippen LogP contribution in [0.4, 0.5) is 0 Å². The monoisotopic (exact) mass is 273 g/mol. The number of benzene rings is 1. The Kier molecular flexibility index (Phi) is 2.91. The van der Waals surface area contributed by atoms with E-state index in [4.69, 9.17) is 5.11 Å². The Morgan fingerprint density at radius 1 is 1.37 bits per heavy atom. The number of rotatable bonds is 1. The van der Waals surface area contributed by atoms with Gasteiger partial charge in [0.05, 0.1) is 11.5 Å². The highest BCUT2D eigenvalue weighted by Crippen LogP contribution is 2.38. The summed E-state index contributed by atoms with van der Waals surface area (Å²) in [6, 6.07) is 7.37. The first-order chi connectivity index (χ1) is 9.15. The molecule has 2 N–H and O–H groups in total. The number of hydrogen-bond acceptors (Lipinski definition) is 3. The van der Waals surface area contributed by atoms with Crippen LogP contribution < -0.4 is 5.32 Å². The summed E-state index contributed by atoms with van der Waals surface area (Å²) in [5.74, 6) is -1.61. The molecule has 0 aromatic heterocycles. The van der Waals surface area contributed by atoms with Gasteiger partial charge < -0.3 is 10.4 Å². The fraction of sp³-hybridized carbons (Fsp3) is 0.143. The van der Waals surface area contributed by atoms with Crippen LogP contribution in [0.2, 0.25) is 0 Å². The number of carbonyl (C=O) groups is 2. The largest absolute Gasteiger partial charge is 0.481 e. The second-order valence-corrected chi connectivity index (χ2v) is 5.49. The van der Waals surface area contributed by atoms with Crippen LogP contribution in [0.15, 0.2) is 51.9 Å². The van der Waals surface area contributed by atoms with E-state index in [1.165, 1.54) is 11.8 Å². The van der Waals surface area contributed by atoms with Crippen LogP contribution in [-0.4, -0.2) is 17.0 Å². The summed E-state index contributed by atoms with van der Waals surface area (Å²) >= 11 is 1.50. The van der Waals surface area contributed by atoms with Crippen molar-refractivity contribution in [3.8, 4) is 0 Å². The Morgan fingerprint density at radius 3 is 2.95 bits per heavy atom. The van der Waals surface area contributed by atoms with Crippen LogP contribution in [0.1, 0.15) is 16.8 Å². The van der Waals surface area contributed by atoms with E-state index in [0.29, 0.717) is 17.7 Å². The SMILES string of the molecule is O=C1NC2=C(C=CC(C(=O)O)C2)Sc2ccccc21. The quantitative estimate of drug-likeness (QED) is 0.824. The number of allylic oxidation sites excluding steroid dienone is 2. The minimum Gasteiger partial charge on any atom is -0.481 e. The minimum absolute atomic E-state index is 0.174. The summed E-state index contributed by atoms with van der Waals surface area (Å²) < 4.78 is 0. The number of thioether (sulfide) groups is 1. The third-order valence-electron chi connectivity index (χ3n) is 3.13. The highest BCUT2D eigenvalue weighted by atomic mass is 32.2. The molecule has 0 saturated heterocycles. The lowest BCUT2D eigenvalue weighted by Crippen LogP contribution is -2.26. The fourth-order valence-corrected chi connectivity index (χ4v) is 3.20. The molecule has 0 spiro atoms. The second-order valence-electron chi connectivity index (χ2n) is 4.40. The van der Waals surface area contributed by atoms with Gasteiger partial charge in [-0.15, -0.1) is 0 Å². The summed E-state index contributed by atoms with van der Waals surface area (Å²) in [6.07, 6.45) is 3.78. The molecule has 3 rings (SSSR count). The van der Waals surface area contributed by atoms with Crippen molar-refractivity contribution >= 4 is 23.6 Å². The fourth-order valence-electron chi connectivity index (χ4n) is 2.14.